The number of hydrogen-bond acceptors (Lipinski definition) is 7. The topological polar surface area (TPSA) is 107 Å². The number of anilines is 1. The van der Waals surface area contributed by atoms with Crippen LogP contribution in [0.2, 0.25) is 0 Å². The fraction of sp³-hybridized carbons (Fsp3) is 0.267. The fourth-order valence-electron chi connectivity index (χ4n) is 3.99. The first-order chi connectivity index (χ1) is 19.0. The Morgan fingerprint density at radius 1 is 1.00 bits per heavy atom. The van der Waals surface area contributed by atoms with E-state index >= 15 is 0 Å². The number of carbonyl (C=O) groups is 1. The molecule has 4 aromatic rings. The molecule has 0 spiro atoms. The smallest absolute Gasteiger partial charge is 0.411 e. The Morgan fingerprint density at radius 2 is 1.72 bits per heavy atom. The molecule has 0 saturated carbocycles. The third-order valence-corrected chi connectivity index (χ3v) is 5.83. The Bertz CT molecular complexity index is 1440. The Labute approximate surface area is 227 Å². The first-order valence-electron chi connectivity index (χ1n) is 13.0. The minimum Gasteiger partial charge on any atom is -0.492 e. The van der Waals surface area contributed by atoms with Crippen molar-refractivity contribution < 1.29 is 14.3 Å². The molecule has 202 valence electrons. The molecule has 0 fully saturated rings. The van der Waals surface area contributed by atoms with Gasteiger partial charge in [-0.15, -0.1) is 0 Å². The normalized spacial score (nSPS) is 10.9. The van der Waals surface area contributed by atoms with Gasteiger partial charge in [-0.05, 0) is 45.0 Å². The Kier molecular flexibility index (Phi) is 9.42. The molecule has 0 aliphatic carbocycles. The van der Waals surface area contributed by atoms with Gasteiger partial charge in [0.1, 0.15) is 12.4 Å². The van der Waals surface area contributed by atoms with E-state index in [9.17, 15) is 9.59 Å². The van der Waals surface area contributed by atoms with Gasteiger partial charge >= 0.3 is 6.09 Å². The molecule has 39 heavy (non-hydrogen) atoms. The van der Waals surface area contributed by atoms with Crippen LogP contribution in [-0.2, 0) is 11.3 Å². The van der Waals surface area contributed by atoms with Crippen LogP contribution in [0.4, 0.5) is 10.5 Å². The number of ether oxygens (including phenoxy) is 2. The summed E-state index contributed by atoms with van der Waals surface area (Å²) in [6.07, 6.45) is -0.577. The van der Waals surface area contributed by atoms with E-state index < -0.39 is 6.09 Å². The zero-order valence-corrected chi connectivity index (χ0v) is 22.4. The molecule has 2 N–H and O–H groups in total. The molecule has 0 aliphatic rings. The van der Waals surface area contributed by atoms with Gasteiger partial charge in [-0.25, -0.2) is 14.5 Å². The van der Waals surface area contributed by atoms with Crippen molar-refractivity contribution in [3.63, 3.8) is 0 Å². The lowest BCUT2D eigenvalue weighted by molar-refractivity contribution is 0.168. The summed E-state index contributed by atoms with van der Waals surface area (Å²) >= 11 is 0. The van der Waals surface area contributed by atoms with E-state index in [1.165, 1.54) is 10.7 Å². The van der Waals surface area contributed by atoms with Crippen LogP contribution in [0.15, 0.2) is 83.7 Å². The maximum Gasteiger partial charge on any atom is 0.411 e. The number of hydrogen-bond donors (Lipinski definition) is 2. The van der Waals surface area contributed by atoms with E-state index in [0.29, 0.717) is 48.0 Å². The number of benzene rings is 2. The average Bonchev–Trinajstić information content (AvgIpc) is 2.94. The first-order valence-corrected chi connectivity index (χ1v) is 13.0. The van der Waals surface area contributed by atoms with Gasteiger partial charge in [0.05, 0.1) is 35.4 Å². The lowest BCUT2D eigenvalue weighted by atomic mass is 10.0. The van der Waals surface area contributed by atoms with Crippen molar-refractivity contribution in [3.05, 3.63) is 94.9 Å². The molecule has 0 bridgehead atoms. The molecule has 9 nitrogen and oxygen atoms in total. The Morgan fingerprint density at radius 3 is 2.41 bits per heavy atom. The van der Waals surface area contributed by atoms with Crippen LogP contribution in [0.3, 0.4) is 0 Å². The van der Waals surface area contributed by atoms with Crippen LogP contribution >= 0.6 is 0 Å². The van der Waals surface area contributed by atoms with Crippen LogP contribution in [-0.4, -0.2) is 40.6 Å². The molecule has 0 aliphatic heterocycles. The second kappa shape index (κ2) is 13.3. The van der Waals surface area contributed by atoms with Crippen LogP contribution in [0.25, 0.3) is 22.5 Å². The Hall–Kier alpha value is -4.50. The van der Waals surface area contributed by atoms with Crippen molar-refractivity contribution in [1.29, 1.82) is 0 Å². The van der Waals surface area contributed by atoms with Gasteiger partial charge in [0.2, 0.25) is 0 Å². The summed E-state index contributed by atoms with van der Waals surface area (Å²) in [4.78, 5) is 29.8. The molecule has 0 radical (unpaired) electrons. The minimum absolute atomic E-state index is 0.121. The van der Waals surface area contributed by atoms with Crippen LogP contribution in [0.1, 0.15) is 32.5 Å². The maximum atomic E-state index is 12.4. The van der Waals surface area contributed by atoms with Crippen molar-refractivity contribution in [2.45, 2.75) is 33.4 Å². The molecule has 4 rings (SSSR count). The first kappa shape index (κ1) is 27.5. The van der Waals surface area contributed by atoms with E-state index in [4.69, 9.17) is 14.5 Å². The molecule has 0 atom stereocenters. The van der Waals surface area contributed by atoms with Gasteiger partial charge in [0.25, 0.3) is 5.56 Å². The summed E-state index contributed by atoms with van der Waals surface area (Å²) in [6, 6.07) is 24.2. The molecule has 1 amide bonds. The number of amides is 1. The van der Waals surface area contributed by atoms with Gasteiger partial charge < -0.3 is 14.8 Å². The fourth-order valence-corrected chi connectivity index (χ4v) is 3.99. The van der Waals surface area contributed by atoms with Crippen LogP contribution < -0.4 is 20.9 Å². The highest BCUT2D eigenvalue weighted by atomic mass is 16.5. The Balaban J connectivity index is 1.70. The molecule has 2 aromatic heterocycles. The maximum absolute atomic E-state index is 12.4. The number of nitrogens with one attached hydrogen (secondary N) is 2. The second-order valence-electron chi connectivity index (χ2n) is 9.02. The predicted molar refractivity (Wildman–Crippen MR) is 152 cm³/mol. The summed E-state index contributed by atoms with van der Waals surface area (Å²) in [5.74, 6) is 0.799. The highest BCUT2D eigenvalue weighted by Crippen LogP contribution is 2.33. The molecular weight excluding hydrogens is 494 g/mol. The van der Waals surface area contributed by atoms with E-state index in [2.05, 4.69) is 15.7 Å². The third kappa shape index (κ3) is 7.30. The molecule has 0 saturated heterocycles. The lowest BCUT2D eigenvalue weighted by Crippen LogP contribution is -2.24. The SMILES string of the molecule is CCOC(=O)Nc1cc(-c2ccc(=O)n(C(C)C)n2)c(-c2ccccc2)nc1CNCCOc1ccccc1. The quantitative estimate of drug-likeness (QED) is 0.255. The summed E-state index contributed by atoms with van der Waals surface area (Å²) in [6.45, 7) is 7.19. The molecule has 2 heterocycles. The highest BCUT2D eigenvalue weighted by Gasteiger charge is 2.19. The monoisotopic (exact) mass is 527 g/mol. The summed E-state index contributed by atoms with van der Waals surface area (Å²) in [7, 11) is 0. The van der Waals surface area contributed by atoms with Gasteiger partial charge in [-0.2, -0.15) is 5.10 Å². The average molecular weight is 528 g/mol. The molecular formula is C30H33N5O4. The predicted octanol–water partition coefficient (Wildman–Crippen LogP) is 5.29. The number of aromatic nitrogens is 3. The summed E-state index contributed by atoms with van der Waals surface area (Å²) in [5, 5.41) is 10.8. The van der Waals surface area contributed by atoms with Crippen LogP contribution in [0, 0.1) is 0 Å². The van der Waals surface area contributed by atoms with Crippen LogP contribution in [0.5, 0.6) is 5.75 Å². The molecule has 2 aromatic carbocycles. The van der Waals surface area contributed by atoms with E-state index in [-0.39, 0.29) is 18.2 Å². The molecule has 9 heteroatoms. The van der Waals surface area contributed by atoms with Crippen molar-refractivity contribution >= 4 is 11.8 Å². The van der Waals surface area contributed by atoms with E-state index in [1.54, 1.807) is 13.0 Å². The minimum atomic E-state index is -0.577. The standard InChI is InChI=1S/C30H33N5O4/c1-4-38-30(37)33-26-19-24(25-15-16-28(36)35(34-25)21(2)3)29(22-11-7-5-8-12-22)32-27(26)20-31-17-18-39-23-13-9-6-10-14-23/h5-16,19,21,31H,4,17-18,20H2,1-3H3,(H,33,37). The lowest BCUT2D eigenvalue weighted by Gasteiger charge is -2.18. The van der Waals surface area contributed by atoms with Crippen molar-refractivity contribution in [1.82, 2.24) is 20.1 Å². The largest absolute Gasteiger partial charge is 0.492 e. The van der Waals surface area contributed by atoms with E-state index in [1.807, 2.05) is 80.6 Å². The summed E-state index contributed by atoms with van der Waals surface area (Å²) in [5.41, 5.74) is 3.74. The van der Waals surface area contributed by atoms with Crippen molar-refractivity contribution in [2.24, 2.45) is 0 Å². The number of carbonyl (C=O) groups excluding carboxylic acids is 1. The van der Waals surface area contributed by atoms with Gasteiger partial charge in [-0.1, -0.05) is 48.5 Å². The number of pyridine rings is 1. The number of nitrogens with zero attached hydrogens (tertiary/aromatic N) is 3. The third-order valence-electron chi connectivity index (χ3n) is 5.83. The zero-order valence-electron chi connectivity index (χ0n) is 22.4. The second-order valence-corrected chi connectivity index (χ2v) is 9.02. The van der Waals surface area contributed by atoms with Gasteiger partial charge in [0.15, 0.2) is 0 Å². The summed E-state index contributed by atoms with van der Waals surface area (Å²) < 4.78 is 12.3. The molecule has 0 unspecified atom stereocenters. The van der Waals surface area contributed by atoms with Gasteiger partial charge in [0, 0.05) is 30.3 Å². The highest BCUT2D eigenvalue weighted by molar-refractivity contribution is 5.89. The zero-order chi connectivity index (χ0) is 27.6. The number of rotatable bonds is 11. The van der Waals surface area contributed by atoms with E-state index in [0.717, 1.165) is 11.3 Å². The van der Waals surface area contributed by atoms with Gasteiger partial charge in [-0.3, -0.25) is 10.1 Å². The van der Waals surface area contributed by atoms with Crippen molar-refractivity contribution in [2.75, 3.05) is 25.1 Å². The van der Waals surface area contributed by atoms with Crippen molar-refractivity contribution in [3.8, 4) is 28.3 Å². The number of para-hydroxylation sites is 1.